The summed E-state index contributed by atoms with van der Waals surface area (Å²) in [6, 6.07) is 13.3. The summed E-state index contributed by atoms with van der Waals surface area (Å²) in [6.07, 6.45) is 4.89. The molecule has 7 nitrogen and oxygen atoms in total. The lowest BCUT2D eigenvalue weighted by atomic mass is 9.80. The van der Waals surface area contributed by atoms with Gasteiger partial charge >= 0.3 is 0 Å². The van der Waals surface area contributed by atoms with E-state index in [0.29, 0.717) is 30.0 Å². The maximum Gasteiger partial charge on any atom is 0.251 e. The molecule has 2 aromatic rings. The van der Waals surface area contributed by atoms with Gasteiger partial charge in [0.05, 0.1) is 0 Å². The fraction of sp³-hybridized carbons (Fsp3) is 0.500. The van der Waals surface area contributed by atoms with Crippen molar-refractivity contribution in [2.75, 3.05) is 0 Å². The monoisotopic (exact) mass is 540 g/mol. The van der Waals surface area contributed by atoms with Gasteiger partial charge in [-0.3, -0.25) is 14.4 Å². The van der Waals surface area contributed by atoms with Crippen LogP contribution in [0.5, 0.6) is 0 Å². The maximum atomic E-state index is 13.5. The Hall–Kier alpha value is -2.90. The molecule has 5 N–H and O–H groups in total. The van der Waals surface area contributed by atoms with Crippen LogP contribution < -0.4 is 21.7 Å². The summed E-state index contributed by atoms with van der Waals surface area (Å²) < 4.78 is 0. The highest BCUT2D eigenvalue weighted by atomic mass is 35.5. The highest BCUT2D eigenvalue weighted by Crippen LogP contribution is 2.34. The van der Waals surface area contributed by atoms with Gasteiger partial charge in [0.2, 0.25) is 11.8 Å². The second-order valence-electron chi connectivity index (χ2n) is 10.6. The Morgan fingerprint density at radius 3 is 2.32 bits per heavy atom. The molecule has 0 aliphatic heterocycles. The quantitative estimate of drug-likeness (QED) is 0.331. The molecule has 1 saturated carbocycles. The van der Waals surface area contributed by atoms with Gasteiger partial charge in [-0.2, -0.15) is 0 Å². The first-order chi connectivity index (χ1) is 18.2. The maximum absolute atomic E-state index is 13.5. The molecule has 0 bridgehead atoms. The van der Waals surface area contributed by atoms with Crippen LogP contribution in [0.15, 0.2) is 48.5 Å². The van der Waals surface area contributed by atoms with Gasteiger partial charge in [-0.25, -0.2) is 0 Å². The summed E-state index contributed by atoms with van der Waals surface area (Å²) in [7, 11) is 0. The molecule has 206 valence electrons. The SMILES string of the molecule is CC[C@H](NC(=O)c1ccc(CN)cc1)C(=O)N[C@@H](CC(C)C)C(=O)NC1CCCC[C@H]1c1cccc(Cl)c1. The minimum absolute atomic E-state index is 0.0283. The first-order valence-electron chi connectivity index (χ1n) is 13.7. The molecule has 1 aliphatic carbocycles. The standard InChI is InChI=1S/C30H41ClN4O3/c1-4-25(33-28(36)21-14-12-20(18-32)13-15-21)29(37)35-27(16-19(2)3)30(38)34-26-11-6-5-10-24(26)22-8-7-9-23(31)17-22/h7-9,12-15,17,19,24-27H,4-6,10-11,16,18,32H2,1-3H3,(H,33,36)(H,34,38)(H,35,37)/t24-,25-,26?,27-/m0/s1. The Morgan fingerprint density at radius 2 is 1.68 bits per heavy atom. The van der Waals surface area contributed by atoms with Gasteiger partial charge in [0.25, 0.3) is 5.91 Å². The van der Waals surface area contributed by atoms with Gasteiger partial charge in [-0.15, -0.1) is 0 Å². The number of amides is 3. The summed E-state index contributed by atoms with van der Waals surface area (Å²) in [5.74, 6) is -0.529. The van der Waals surface area contributed by atoms with E-state index in [9.17, 15) is 14.4 Å². The number of hydrogen-bond acceptors (Lipinski definition) is 4. The van der Waals surface area contributed by atoms with Crippen molar-refractivity contribution in [3.05, 3.63) is 70.2 Å². The lowest BCUT2D eigenvalue weighted by molar-refractivity contribution is -0.131. The van der Waals surface area contributed by atoms with Gasteiger partial charge in [-0.1, -0.05) is 69.5 Å². The van der Waals surface area contributed by atoms with E-state index in [1.165, 1.54) is 0 Å². The Labute approximate surface area is 231 Å². The Bertz CT molecular complexity index is 1090. The normalized spacial score (nSPS) is 18.9. The molecule has 0 spiro atoms. The van der Waals surface area contributed by atoms with Gasteiger partial charge in [0, 0.05) is 29.1 Å². The fourth-order valence-electron chi connectivity index (χ4n) is 5.09. The molecule has 2 aromatic carbocycles. The number of halogens is 1. The van der Waals surface area contributed by atoms with E-state index >= 15 is 0 Å². The first-order valence-corrected chi connectivity index (χ1v) is 14.1. The molecule has 0 heterocycles. The van der Waals surface area contributed by atoms with E-state index in [1.807, 2.05) is 39.0 Å². The molecule has 1 aliphatic rings. The smallest absolute Gasteiger partial charge is 0.251 e. The zero-order valence-corrected chi connectivity index (χ0v) is 23.4. The van der Waals surface area contributed by atoms with E-state index in [0.717, 1.165) is 36.8 Å². The fourth-order valence-corrected chi connectivity index (χ4v) is 5.28. The molecular weight excluding hydrogens is 500 g/mol. The van der Waals surface area contributed by atoms with Crippen molar-refractivity contribution in [3.63, 3.8) is 0 Å². The van der Waals surface area contributed by atoms with Crippen LogP contribution in [-0.4, -0.2) is 35.8 Å². The Kier molecular flexibility index (Phi) is 11.2. The minimum Gasteiger partial charge on any atom is -0.351 e. The van der Waals surface area contributed by atoms with Crippen LogP contribution in [0.2, 0.25) is 5.02 Å². The Morgan fingerprint density at radius 1 is 0.974 bits per heavy atom. The third kappa shape index (κ3) is 8.30. The molecule has 3 rings (SSSR count). The zero-order valence-electron chi connectivity index (χ0n) is 22.6. The van der Waals surface area contributed by atoms with E-state index in [1.54, 1.807) is 24.3 Å². The predicted octanol–water partition coefficient (Wildman–Crippen LogP) is 4.68. The second-order valence-corrected chi connectivity index (χ2v) is 11.0. The third-order valence-corrected chi connectivity index (χ3v) is 7.43. The third-order valence-electron chi connectivity index (χ3n) is 7.19. The van der Waals surface area contributed by atoms with Crippen LogP contribution in [0.1, 0.15) is 86.7 Å². The largest absolute Gasteiger partial charge is 0.351 e. The molecule has 1 unspecified atom stereocenters. The van der Waals surface area contributed by atoms with Crippen molar-refractivity contribution in [3.8, 4) is 0 Å². The molecule has 1 fully saturated rings. The van der Waals surface area contributed by atoms with Crippen molar-refractivity contribution in [1.29, 1.82) is 0 Å². The zero-order chi connectivity index (χ0) is 27.7. The highest BCUT2D eigenvalue weighted by Gasteiger charge is 2.32. The van der Waals surface area contributed by atoms with Crippen LogP contribution in [0.25, 0.3) is 0 Å². The molecule has 4 atom stereocenters. The Balaban J connectivity index is 1.68. The molecular formula is C30H41ClN4O3. The number of nitrogens with one attached hydrogen (secondary N) is 3. The molecule has 0 radical (unpaired) electrons. The summed E-state index contributed by atoms with van der Waals surface area (Å²) in [5.41, 5.74) is 8.13. The molecule has 0 saturated heterocycles. The number of benzene rings is 2. The van der Waals surface area contributed by atoms with Crippen LogP contribution in [0.3, 0.4) is 0 Å². The highest BCUT2D eigenvalue weighted by molar-refractivity contribution is 6.30. The summed E-state index contributed by atoms with van der Waals surface area (Å²) in [4.78, 5) is 39.5. The van der Waals surface area contributed by atoms with Crippen molar-refractivity contribution in [2.24, 2.45) is 11.7 Å². The number of hydrogen-bond donors (Lipinski definition) is 4. The summed E-state index contributed by atoms with van der Waals surface area (Å²) in [6.45, 7) is 6.26. The van der Waals surface area contributed by atoms with Crippen LogP contribution in [-0.2, 0) is 16.1 Å². The van der Waals surface area contributed by atoms with Gasteiger partial charge in [0.15, 0.2) is 0 Å². The first kappa shape index (κ1) is 29.7. The predicted molar refractivity (Wildman–Crippen MR) is 152 cm³/mol. The molecule has 38 heavy (non-hydrogen) atoms. The number of nitrogens with two attached hydrogens (primary N) is 1. The lowest BCUT2D eigenvalue weighted by Gasteiger charge is -2.34. The lowest BCUT2D eigenvalue weighted by Crippen LogP contribution is -2.55. The molecule has 8 heteroatoms. The average Bonchev–Trinajstić information content (AvgIpc) is 2.91. The van der Waals surface area contributed by atoms with Crippen LogP contribution >= 0.6 is 11.6 Å². The van der Waals surface area contributed by atoms with Crippen molar-refractivity contribution < 1.29 is 14.4 Å². The van der Waals surface area contributed by atoms with Crippen LogP contribution in [0, 0.1) is 5.92 Å². The molecule has 3 amide bonds. The molecule has 0 aromatic heterocycles. The van der Waals surface area contributed by atoms with E-state index in [-0.39, 0.29) is 35.6 Å². The number of carbonyl (C=O) groups is 3. The minimum atomic E-state index is -0.756. The number of carbonyl (C=O) groups excluding carboxylic acids is 3. The van der Waals surface area contributed by atoms with E-state index in [4.69, 9.17) is 17.3 Å². The number of rotatable bonds is 11. The summed E-state index contributed by atoms with van der Waals surface area (Å²) >= 11 is 6.24. The average molecular weight is 541 g/mol. The summed E-state index contributed by atoms with van der Waals surface area (Å²) in [5, 5.41) is 9.65. The van der Waals surface area contributed by atoms with E-state index < -0.39 is 12.1 Å². The van der Waals surface area contributed by atoms with Crippen molar-refractivity contribution >= 4 is 29.3 Å². The van der Waals surface area contributed by atoms with Gasteiger partial charge < -0.3 is 21.7 Å². The van der Waals surface area contributed by atoms with Gasteiger partial charge in [0.1, 0.15) is 12.1 Å². The second kappa shape index (κ2) is 14.3. The van der Waals surface area contributed by atoms with Crippen molar-refractivity contribution in [2.45, 2.75) is 89.9 Å². The van der Waals surface area contributed by atoms with Gasteiger partial charge in [-0.05, 0) is 67.0 Å². The van der Waals surface area contributed by atoms with E-state index in [2.05, 4.69) is 22.0 Å². The van der Waals surface area contributed by atoms with Crippen LogP contribution in [0.4, 0.5) is 0 Å². The topological polar surface area (TPSA) is 113 Å². The van der Waals surface area contributed by atoms with Crippen molar-refractivity contribution in [1.82, 2.24) is 16.0 Å².